The minimum absolute atomic E-state index is 0.132. The molecule has 0 saturated carbocycles. The number of ketones is 1. The molecular weight excluding hydrogens is 367 g/mol. The van der Waals surface area contributed by atoms with Crippen LogP contribution in [0, 0.1) is 5.92 Å². The zero-order chi connectivity index (χ0) is 19.6. The fourth-order valence-corrected chi connectivity index (χ4v) is 3.08. The van der Waals surface area contributed by atoms with Gasteiger partial charge in [0.05, 0.1) is 5.56 Å². The highest BCUT2D eigenvalue weighted by molar-refractivity contribution is 5.98. The van der Waals surface area contributed by atoms with Crippen molar-refractivity contribution in [2.24, 2.45) is 5.92 Å². The third-order valence-electron chi connectivity index (χ3n) is 4.47. The molecule has 1 aliphatic rings. The van der Waals surface area contributed by atoms with E-state index in [1.165, 1.54) is 9.58 Å². The van der Waals surface area contributed by atoms with Crippen molar-refractivity contribution in [3.05, 3.63) is 52.0 Å². The van der Waals surface area contributed by atoms with Gasteiger partial charge < -0.3 is 4.90 Å². The standard InChI is InChI=1S/C17H16F3N3O4/c18-17(19,20)13-5-3-11(4-6-13)16(26)12-2-1-7-22(8-12)14(24)9-23-10-15(25)27-21-23/h3-6,10,12H,1-2,7-9H2/p+1/t12-/m1/s1. The van der Waals surface area contributed by atoms with Gasteiger partial charge in [-0.1, -0.05) is 16.8 Å². The molecule has 1 fully saturated rings. The van der Waals surface area contributed by atoms with Gasteiger partial charge in [0.15, 0.2) is 5.78 Å². The first kappa shape index (κ1) is 18.9. The maximum Gasteiger partial charge on any atom is 0.426 e. The lowest BCUT2D eigenvalue weighted by molar-refractivity contribution is -0.751. The number of Topliss-reactive ketones (excluding diaryl/α,β-unsaturated/α-hetero) is 1. The van der Waals surface area contributed by atoms with E-state index in [1.807, 2.05) is 0 Å². The van der Waals surface area contributed by atoms with Gasteiger partial charge in [0.1, 0.15) is 0 Å². The zero-order valence-electron chi connectivity index (χ0n) is 14.2. The second-order valence-electron chi connectivity index (χ2n) is 6.39. The molecular formula is C17H17F3N3O4+. The molecule has 10 heteroatoms. The van der Waals surface area contributed by atoms with E-state index < -0.39 is 23.3 Å². The number of nitrogens with one attached hydrogen (secondary N) is 1. The topological polar surface area (TPSA) is 87.3 Å². The third-order valence-corrected chi connectivity index (χ3v) is 4.47. The number of H-pyrrole nitrogens is 1. The van der Waals surface area contributed by atoms with E-state index in [0.29, 0.717) is 19.4 Å². The van der Waals surface area contributed by atoms with Crippen LogP contribution in [0.3, 0.4) is 0 Å². The number of rotatable bonds is 4. The molecule has 144 valence electrons. The van der Waals surface area contributed by atoms with Crippen molar-refractivity contribution in [3.8, 4) is 0 Å². The van der Waals surface area contributed by atoms with Crippen LogP contribution in [-0.2, 0) is 17.5 Å². The Kier molecular flexibility index (Phi) is 5.15. The lowest BCUT2D eigenvalue weighted by atomic mass is 9.89. The third kappa shape index (κ3) is 4.44. The molecule has 0 spiro atoms. The number of aromatic amines is 1. The number of aromatic nitrogens is 2. The molecule has 0 radical (unpaired) electrons. The van der Waals surface area contributed by atoms with Gasteiger partial charge in [-0.25, -0.2) is 4.79 Å². The fourth-order valence-electron chi connectivity index (χ4n) is 3.08. The number of benzene rings is 1. The number of likely N-dealkylation sites (tertiary alicyclic amines) is 1. The predicted octanol–water partition coefficient (Wildman–Crippen LogP) is 1.40. The molecule has 2 aromatic rings. The van der Waals surface area contributed by atoms with Gasteiger partial charge in [0, 0.05) is 24.6 Å². The van der Waals surface area contributed by atoms with Gasteiger partial charge in [-0.3, -0.25) is 14.1 Å². The van der Waals surface area contributed by atoms with Crippen LogP contribution < -0.4 is 10.3 Å². The second-order valence-corrected chi connectivity index (χ2v) is 6.39. The maximum atomic E-state index is 12.6. The summed E-state index contributed by atoms with van der Waals surface area (Å²) < 4.78 is 43.6. The van der Waals surface area contributed by atoms with Crippen LogP contribution in [0.15, 0.2) is 39.8 Å². The summed E-state index contributed by atoms with van der Waals surface area (Å²) in [5, 5.41) is 2.28. The van der Waals surface area contributed by atoms with Crippen LogP contribution >= 0.6 is 0 Å². The van der Waals surface area contributed by atoms with E-state index in [1.54, 1.807) is 0 Å². The number of hydrogen-bond acceptors (Lipinski definition) is 4. The Hall–Kier alpha value is -2.91. The Bertz CT molecular complexity index is 886. The number of alkyl halides is 3. The summed E-state index contributed by atoms with van der Waals surface area (Å²) in [5.74, 6) is -1.06. The Morgan fingerprint density at radius 1 is 1.26 bits per heavy atom. The first-order valence-electron chi connectivity index (χ1n) is 8.31. The molecule has 1 amide bonds. The van der Waals surface area contributed by atoms with Crippen molar-refractivity contribution in [1.82, 2.24) is 10.2 Å². The van der Waals surface area contributed by atoms with Crippen LogP contribution in [0.1, 0.15) is 28.8 Å². The predicted molar refractivity (Wildman–Crippen MR) is 84.6 cm³/mol. The fraction of sp³-hybridized carbons (Fsp3) is 0.412. The summed E-state index contributed by atoms with van der Waals surface area (Å²) in [6.07, 6.45) is -2.19. The van der Waals surface area contributed by atoms with E-state index in [-0.39, 0.29) is 30.3 Å². The maximum absolute atomic E-state index is 12.6. The molecule has 1 atom stereocenters. The highest BCUT2D eigenvalue weighted by Crippen LogP contribution is 2.30. The minimum Gasteiger partial charge on any atom is -0.336 e. The number of piperidine rings is 1. The minimum atomic E-state index is -4.46. The van der Waals surface area contributed by atoms with Gasteiger partial charge in [-0.2, -0.15) is 13.2 Å². The Morgan fingerprint density at radius 3 is 2.56 bits per heavy atom. The first-order valence-corrected chi connectivity index (χ1v) is 8.31. The number of carbonyl (C=O) groups is 2. The molecule has 2 heterocycles. The summed E-state index contributed by atoms with van der Waals surface area (Å²) in [5.41, 5.74) is -1.24. The van der Waals surface area contributed by atoms with Gasteiger partial charge in [-0.05, 0) is 30.2 Å². The number of nitrogens with zero attached hydrogens (tertiary/aromatic N) is 2. The SMILES string of the molecule is O=C(c1ccc(C(F)(F)F)cc1)[C@@H]1CCCN(C(=O)C[n+]2cc(=O)o[nH]2)C1. The average molecular weight is 384 g/mol. The van der Waals surface area contributed by atoms with Gasteiger partial charge in [0.25, 0.3) is 18.6 Å². The van der Waals surface area contributed by atoms with Crippen molar-refractivity contribution in [3.63, 3.8) is 0 Å². The average Bonchev–Trinajstić information content (AvgIpc) is 3.05. The monoisotopic (exact) mass is 384 g/mol. The number of hydrogen-bond donors (Lipinski definition) is 1. The van der Waals surface area contributed by atoms with E-state index in [4.69, 9.17) is 0 Å². The number of amides is 1. The summed E-state index contributed by atoms with van der Waals surface area (Å²) in [6.45, 7) is 0.520. The largest absolute Gasteiger partial charge is 0.426 e. The molecule has 1 aromatic carbocycles. The van der Waals surface area contributed by atoms with Crippen molar-refractivity contribution in [2.45, 2.75) is 25.6 Å². The number of carbonyl (C=O) groups excluding carboxylic acids is 2. The lowest BCUT2D eigenvalue weighted by Crippen LogP contribution is -2.49. The molecule has 1 aromatic heterocycles. The molecule has 0 bridgehead atoms. The summed E-state index contributed by atoms with van der Waals surface area (Å²) in [6, 6.07) is 4.09. The Morgan fingerprint density at radius 2 is 1.96 bits per heavy atom. The van der Waals surface area contributed by atoms with E-state index in [2.05, 4.69) is 9.79 Å². The van der Waals surface area contributed by atoms with Crippen LogP contribution in [0.4, 0.5) is 13.2 Å². The highest BCUT2D eigenvalue weighted by Gasteiger charge is 2.32. The van der Waals surface area contributed by atoms with Crippen LogP contribution in [0.25, 0.3) is 0 Å². The van der Waals surface area contributed by atoms with E-state index in [9.17, 15) is 27.6 Å². The van der Waals surface area contributed by atoms with Crippen molar-refractivity contribution in [1.29, 1.82) is 0 Å². The van der Waals surface area contributed by atoms with Crippen LogP contribution in [-0.4, -0.2) is 35.0 Å². The van der Waals surface area contributed by atoms with Crippen LogP contribution in [0.2, 0.25) is 0 Å². The molecule has 7 nitrogen and oxygen atoms in total. The van der Waals surface area contributed by atoms with Crippen molar-refractivity contribution >= 4 is 11.7 Å². The summed E-state index contributed by atoms with van der Waals surface area (Å²) in [7, 11) is 0. The van der Waals surface area contributed by atoms with Crippen LogP contribution in [0.5, 0.6) is 0 Å². The smallest absolute Gasteiger partial charge is 0.336 e. The van der Waals surface area contributed by atoms with Crippen molar-refractivity contribution in [2.75, 3.05) is 13.1 Å². The molecule has 0 unspecified atom stereocenters. The zero-order valence-corrected chi connectivity index (χ0v) is 14.2. The van der Waals surface area contributed by atoms with Gasteiger partial charge in [0.2, 0.25) is 0 Å². The quantitative estimate of drug-likeness (QED) is 0.638. The second kappa shape index (κ2) is 7.37. The first-order chi connectivity index (χ1) is 12.7. The normalized spacial score (nSPS) is 17.7. The molecule has 3 rings (SSSR count). The molecule has 1 aliphatic heterocycles. The van der Waals surface area contributed by atoms with Crippen molar-refractivity contribution < 1.29 is 32.0 Å². The molecule has 0 aliphatic carbocycles. The highest BCUT2D eigenvalue weighted by atomic mass is 19.4. The lowest BCUT2D eigenvalue weighted by Gasteiger charge is -2.31. The Labute approximate surface area is 151 Å². The molecule has 1 saturated heterocycles. The molecule has 1 N–H and O–H groups in total. The van der Waals surface area contributed by atoms with E-state index in [0.717, 1.165) is 30.5 Å². The summed E-state index contributed by atoms with van der Waals surface area (Å²) in [4.78, 5) is 37.4. The van der Waals surface area contributed by atoms with E-state index >= 15 is 0 Å². The Balaban J connectivity index is 1.65. The number of halogens is 3. The summed E-state index contributed by atoms with van der Waals surface area (Å²) >= 11 is 0. The van der Waals surface area contributed by atoms with Gasteiger partial charge in [-0.15, -0.1) is 0 Å². The molecule has 27 heavy (non-hydrogen) atoms. The van der Waals surface area contributed by atoms with Gasteiger partial charge >= 0.3 is 11.8 Å².